The van der Waals surface area contributed by atoms with Gasteiger partial charge in [-0.15, -0.1) is 0 Å². The first kappa shape index (κ1) is 15.8. The van der Waals surface area contributed by atoms with Crippen LogP contribution in [0.25, 0.3) is 0 Å². The zero-order valence-corrected chi connectivity index (χ0v) is 14.1. The Kier molecular flexibility index (Phi) is 4.83. The van der Waals surface area contributed by atoms with Crippen LogP contribution in [0.5, 0.6) is 11.5 Å². The highest BCUT2D eigenvalue weighted by Gasteiger charge is 2.17. The average Bonchev–Trinajstić information content (AvgIpc) is 3.00. The lowest BCUT2D eigenvalue weighted by Gasteiger charge is -2.08. The van der Waals surface area contributed by atoms with Gasteiger partial charge in [0.15, 0.2) is 11.5 Å². The molecule has 120 valence electrons. The van der Waals surface area contributed by atoms with E-state index in [0.717, 1.165) is 15.6 Å². The summed E-state index contributed by atoms with van der Waals surface area (Å²) < 4.78 is 21.8. The predicted molar refractivity (Wildman–Crippen MR) is 86.5 cm³/mol. The molecule has 1 aliphatic heterocycles. The number of halogens is 1. The van der Waals surface area contributed by atoms with Crippen LogP contribution < -0.4 is 9.47 Å². The molecule has 0 radical (unpaired) electrons. The summed E-state index contributed by atoms with van der Waals surface area (Å²) in [5.41, 5.74) is 2.32. The van der Waals surface area contributed by atoms with E-state index in [1.807, 2.05) is 18.2 Å². The summed E-state index contributed by atoms with van der Waals surface area (Å²) in [5.74, 6) is 0.961. The number of hydrogen-bond acceptors (Lipinski definition) is 5. The lowest BCUT2D eigenvalue weighted by Crippen LogP contribution is -2.06. The second-order valence-electron chi connectivity index (χ2n) is 5.00. The SMILES string of the molecule is COCc1ccc(C(=O)OCc2cc3c(cc2Br)OCO3)cc1. The number of rotatable bonds is 5. The van der Waals surface area contributed by atoms with Crippen molar-refractivity contribution in [3.8, 4) is 11.5 Å². The van der Waals surface area contributed by atoms with Crippen molar-refractivity contribution in [3.05, 3.63) is 57.6 Å². The first-order valence-electron chi connectivity index (χ1n) is 7.00. The molecule has 0 aliphatic carbocycles. The third kappa shape index (κ3) is 3.65. The Balaban J connectivity index is 1.65. The molecule has 0 spiro atoms. The molecule has 6 heteroatoms. The van der Waals surface area contributed by atoms with Crippen molar-refractivity contribution in [2.24, 2.45) is 0 Å². The van der Waals surface area contributed by atoms with Gasteiger partial charge in [-0.25, -0.2) is 4.79 Å². The molecule has 0 saturated carbocycles. The van der Waals surface area contributed by atoms with E-state index in [-0.39, 0.29) is 19.4 Å². The van der Waals surface area contributed by atoms with Gasteiger partial charge in [-0.1, -0.05) is 28.1 Å². The van der Waals surface area contributed by atoms with E-state index in [1.54, 1.807) is 25.3 Å². The van der Waals surface area contributed by atoms with Crippen LogP contribution in [0.3, 0.4) is 0 Å². The standard InChI is InChI=1S/C17H15BrO5/c1-20-8-11-2-4-12(5-3-11)17(19)21-9-13-6-15-16(7-14(13)18)23-10-22-15/h2-7H,8-10H2,1H3. The van der Waals surface area contributed by atoms with Gasteiger partial charge < -0.3 is 18.9 Å². The highest BCUT2D eigenvalue weighted by atomic mass is 79.9. The number of hydrogen-bond donors (Lipinski definition) is 0. The number of carbonyl (C=O) groups is 1. The molecule has 23 heavy (non-hydrogen) atoms. The van der Waals surface area contributed by atoms with Gasteiger partial charge in [0.1, 0.15) is 6.61 Å². The Bertz CT molecular complexity index is 712. The zero-order valence-electron chi connectivity index (χ0n) is 12.5. The van der Waals surface area contributed by atoms with E-state index in [1.165, 1.54) is 0 Å². The van der Waals surface area contributed by atoms with Crippen LogP contribution in [0.15, 0.2) is 40.9 Å². The number of methoxy groups -OCH3 is 1. The van der Waals surface area contributed by atoms with E-state index in [4.69, 9.17) is 18.9 Å². The minimum absolute atomic E-state index is 0.149. The second-order valence-corrected chi connectivity index (χ2v) is 5.86. The topological polar surface area (TPSA) is 54.0 Å². The van der Waals surface area contributed by atoms with Crippen molar-refractivity contribution in [1.82, 2.24) is 0 Å². The Labute approximate surface area is 142 Å². The van der Waals surface area contributed by atoms with E-state index in [9.17, 15) is 4.79 Å². The lowest BCUT2D eigenvalue weighted by molar-refractivity contribution is 0.0471. The van der Waals surface area contributed by atoms with Gasteiger partial charge in [0.2, 0.25) is 6.79 Å². The number of fused-ring (bicyclic) bond motifs is 1. The van der Waals surface area contributed by atoms with Crippen molar-refractivity contribution in [3.63, 3.8) is 0 Å². The Morgan fingerprint density at radius 2 is 1.83 bits per heavy atom. The molecule has 0 aromatic heterocycles. The highest BCUT2D eigenvalue weighted by Crippen LogP contribution is 2.37. The van der Waals surface area contributed by atoms with Crippen molar-refractivity contribution in [2.45, 2.75) is 13.2 Å². The van der Waals surface area contributed by atoms with Crippen molar-refractivity contribution in [1.29, 1.82) is 0 Å². The summed E-state index contributed by atoms with van der Waals surface area (Å²) in [6, 6.07) is 10.8. The summed E-state index contributed by atoms with van der Waals surface area (Å²) in [7, 11) is 1.63. The monoisotopic (exact) mass is 378 g/mol. The lowest BCUT2D eigenvalue weighted by atomic mass is 10.1. The summed E-state index contributed by atoms with van der Waals surface area (Å²) >= 11 is 3.44. The smallest absolute Gasteiger partial charge is 0.338 e. The van der Waals surface area contributed by atoms with Crippen molar-refractivity contribution >= 4 is 21.9 Å². The fourth-order valence-corrected chi connectivity index (χ4v) is 2.64. The maximum Gasteiger partial charge on any atom is 0.338 e. The van der Waals surface area contributed by atoms with E-state index < -0.39 is 0 Å². The minimum atomic E-state index is -0.376. The van der Waals surface area contributed by atoms with Gasteiger partial charge in [-0.05, 0) is 29.8 Å². The normalized spacial score (nSPS) is 12.3. The third-order valence-electron chi connectivity index (χ3n) is 3.40. The fraction of sp³-hybridized carbons (Fsp3) is 0.235. The maximum atomic E-state index is 12.1. The summed E-state index contributed by atoms with van der Waals surface area (Å²) in [4.78, 5) is 12.1. The summed E-state index contributed by atoms with van der Waals surface area (Å²) in [5, 5.41) is 0. The molecule has 0 bridgehead atoms. The van der Waals surface area contributed by atoms with Crippen LogP contribution in [-0.4, -0.2) is 19.9 Å². The zero-order chi connectivity index (χ0) is 16.2. The van der Waals surface area contributed by atoms with Gasteiger partial charge in [-0.3, -0.25) is 0 Å². The molecular weight excluding hydrogens is 364 g/mol. The average molecular weight is 379 g/mol. The molecule has 0 amide bonds. The first-order valence-corrected chi connectivity index (χ1v) is 7.79. The van der Waals surface area contributed by atoms with Crippen LogP contribution in [0.2, 0.25) is 0 Å². The number of ether oxygens (including phenoxy) is 4. The molecule has 0 fully saturated rings. The van der Waals surface area contributed by atoms with Gasteiger partial charge in [0.05, 0.1) is 12.2 Å². The molecule has 0 atom stereocenters. The highest BCUT2D eigenvalue weighted by molar-refractivity contribution is 9.10. The molecule has 2 aromatic carbocycles. The molecule has 2 aromatic rings. The van der Waals surface area contributed by atoms with Crippen molar-refractivity contribution < 1.29 is 23.7 Å². The Morgan fingerprint density at radius 1 is 1.13 bits per heavy atom. The number of esters is 1. The molecule has 5 nitrogen and oxygen atoms in total. The summed E-state index contributed by atoms with van der Waals surface area (Å²) in [6.07, 6.45) is 0. The largest absolute Gasteiger partial charge is 0.457 e. The molecule has 3 rings (SSSR count). The predicted octanol–water partition coefficient (Wildman–Crippen LogP) is 3.68. The molecule has 0 N–H and O–H groups in total. The van der Waals surface area contributed by atoms with Crippen LogP contribution in [0.1, 0.15) is 21.5 Å². The van der Waals surface area contributed by atoms with Gasteiger partial charge in [-0.2, -0.15) is 0 Å². The van der Waals surface area contributed by atoms with Crippen molar-refractivity contribution in [2.75, 3.05) is 13.9 Å². The molecule has 0 saturated heterocycles. The maximum absolute atomic E-state index is 12.1. The quantitative estimate of drug-likeness (QED) is 0.742. The van der Waals surface area contributed by atoms with E-state index in [0.29, 0.717) is 23.7 Å². The van der Waals surface area contributed by atoms with E-state index in [2.05, 4.69) is 15.9 Å². The molecule has 1 heterocycles. The van der Waals surface area contributed by atoms with Crippen LogP contribution in [0, 0.1) is 0 Å². The first-order chi connectivity index (χ1) is 11.2. The van der Waals surface area contributed by atoms with Gasteiger partial charge in [0, 0.05) is 17.1 Å². The Hall–Kier alpha value is -2.05. The summed E-state index contributed by atoms with van der Waals surface area (Å²) in [6.45, 7) is 0.869. The van der Waals surface area contributed by atoms with Crippen LogP contribution >= 0.6 is 15.9 Å². The minimum Gasteiger partial charge on any atom is -0.457 e. The van der Waals surface area contributed by atoms with Gasteiger partial charge in [0.25, 0.3) is 0 Å². The van der Waals surface area contributed by atoms with Crippen LogP contribution in [0.4, 0.5) is 0 Å². The number of carbonyl (C=O) groups excluding carboxylic acids is 1. The van der Waals surface area contributed by atoms with Gasteiger partial charge >= 0.3 is 5.97 Å². The van der Waals surface area contributed by atoms with Crippen LogP contribution in [-0.2, 0) is 22.7 Å². The van der Waals surface area contributed by atoms with E-state index >= 15 is 0 Å². The molecule has 1 aliphatic rings. The third-order valence-corrected chi connectivity index (χ3v) is 4.14. The molecular formula is C17H15BrO5. The number of benzene rings is 2. The fourth-order valence-electron chi connectivity index (χ4n) is 2.20. The second kappa shape index (κ2) is 7.02. The Morgan fingerprint density at radius 3 is 2.52 bits per heavy atom. The molecule has 0 unspecified atom stereocenters.